The Balaban J connectivity index is 1.92. The lowest BCUT2D eigenvalue weighted by Gasteiger charge is -2.25. The van der Waals surface area contributed by atoms with Gasteiger partial charge < -0.3 is 9.30 Å². The highest BCUT2D eigenvalue weighted by molar-refractivity contribution is 7.15. The van der Waals surface area contributed by atoms with E-state index in [4.69, 9.17) is 9.72 Å². The Morgan fingerprint density at radius 3 is 3.05 bits per heavy atom. The van der Waals surface area contributed by atoms with Crippen molar-refractivity contribution in [3.05, 3.63) is 35.3 Å². The fraction of sp³-hybridized carbons (Fsp3) is 0.375. The van der Waals surface area contributed by atoms with E-state index in [2.05, 4.69) is 28.6 Å². The first-order chi connectivity index (χ1) is 10.3. The predicted octanol–water partition coefficient (Wildman–Crippen LogP) is 3.82. The molecule has 4 rings (SSSR count). The van der Waals surface area contributed by atoms with Crippen LogP contribution < -0.4 is 0 Å². The van der Waals surface area contributed by atoms with Crippen LogP contribution in [-0.4, -0.2) is 27.7 Å². The molecule has 4 heterocycles. The summed E-state index contributed by atoms with van der Waals surface area (Å²) >= 11 is 1.78. The molecule has 3 aromatic heterocycles. The Morgan fingerprint density at radius 2 is 2.29 bits per heavy atom. The minimum atomic E-state index is 0.330. The van der Waals surface area contributed by atoms with Gasteiger partial charge in [0.05, 0.1) is 17.5 Å². The standard InChI is InChI=1S/C16H17N3OS/c1-11-6-7-14(21-11)16-18-13-5-2-8-17-15(13)19(16)12-4-3-9-20-10-12/h2,5-8,12H,3-4,9-10H2,1H3. The number of aromatic nitrogens is 3. The minimum Gasteiger partial charge on any atom is -0.379 e. The molecule has 1 unspecified atom stereocenters. The van der Waals surface area contributed by atoms with Gasteiger partial charge in [0.2, 0.25) is 0 Å². The summed E-state index contributed by atoms with van der Waals surface area (Å²) in [5.74, 6) is 1.03. The first-order valence-corrected chi connectivity index (χ1v) is 8.12. The molecule has 0 aromatic carbocycles. The molecule has 0 bridgehead atoms. The lowest BCUT2D eigenvalue weighted by Crippen LogP contribution is -2.22. The Morgan fingerprint density at radius 1 is 1.33 bits per heavy atom. The molecule has 1 aliphatic rings. The van der Waals surface area contributed by atoms with E-state index in [9.17, 15) is 0 Å². The van der Waals surface area contributed by atoms with E-state index in [0.717, 1.165) is 43.0 Å². The van der Waals surface area contributed by atoms with Crippen molar-refractivity contribution in [3.63, 3.8) is 0 Å². The number of ether oxygens (including phenoxy) is 1. The number of thiophene rings is 1. The van der Waals surface area contributed by atoms with Crippen LogP contribution in [0.15, 0.2) is 30.5 Å². The van der Waals surface area contributed by atoms with Gasteiger partial charge in [0.15, 0.2) is 11.5 Å². The van der Waals surface area contributed by atoms with Crippen LogP contribution in [0.3, 0.4) is 0 Å². The minimum absolute atomic E-state index is 0.330. The molecule has 1 aliphatic heterocycles. The van der Waals surface area contributed by atoms with Crippen molar-refractivity contribution in [3.8, 4) is 10.7 Å². The molecule has 0 amide bonds. The summed E-state index contributed by atoms with van der Waals surface area (Å²) in [5.41, 5.74) is 1.93. The van der Waals surface area contributed by atoms with Gasteiger partial charge in [-0.2, -0.15) is 0 Å². The van der Waals surface area contributed by atoms with E-state index in [0.29, 0.717) is 6.04 Å². The molecule has 1 atom stereocenters. The van der Waals surface area contributed by atoms with E-state index in [1.165, 1.54) is 9.75 Å². The van der Waals surface area contributed by atoms with Gasteiger partial charge in [0, 0.05) is 17.7 Å². The second-order valence-electron chi connectivity index (χ2n) is 5.43. The van der Waals surface area contributed by atoms with Gasteiger partial charge in [-0.1, -0.05) is 0 Å². The number of fused-ring (bicyclic) bond motifs is 1. The van der Waals surface area contributed by atoms with E-state index in [1.54, 1.807) is 11.3 Å². The number of imidazole rings is 1. The van der Waals surface area contributed by atoms with Gasteiger partial charge in [-0.25, -0.2) is 9.97 Å². The lowest BCUT2D eigenvalue weighted by atomic mass is 10.1. The van der Waals surface area contributed by atoms with Crippen molar-refractivity contribution in [1.82, 2.24) is 14.5 Å². The topological polar surface area (TPSA) is 39.9 Å². The van der Waals surface area contributed by atoms with Crippen molar-refractivity contribution in [2.75, 3.05) is 13.2 Å². The molecule has 1 saturated heterocycles. The highest BCUT2D eigenvalue weighted by atomic mass is 32.1. The number of pyridine rings is 1. The van der Waals surface area contributed by atoms with Crippen molar-refractivity contribution in [2.24, 2.45) is 0 Å². The fourth-order valence-electron chi connectivity index (χ4n) is 2.93. The molecule has 0 spiro atoms. The van der Waals surface area contributed by atoms with Crippen LogP contribution in [0, 0.1) is 6.92 Å². The Hall–Kier alpha value is -1.72. The molecule has 21 heavy (non-hydrogen) atoms. The molecular weight excluding hydrogens is 282 g/mol. The van der Waals surface area contributed by atoms with Crippen molar-refractivity contribution in [2.45, 2.75) is 25.8 Å². The van der Waals surface area contributed by atoms with Gasteiger partial charge in [-0.05, 0) is 44.0 Å². The van der Waals surface area contributed by atoms with Gasteiger partial charge in [-0.15, -0.1) is 11.3 Å². The average Bonchev–Trinajstić information content (AvgIpc) is 3.11. The maximum Gasteiger partial charge on any atom is 0.160 e. The van der Waals surface area contributed by atoms with E-state index < -0.39 is 0 Å². The average molecular weight is 299 g/mol. The maximum absolute atomic E-state index is 5.68. The number of hydrogen-bond donors (Lipinski definition) is 0. The van der Waals surface area contributed by atoms with Crippen LogP contribution in [0.4, 0.5) is 0 Å². The number of nitrogens with zero attached hydrogens (tertiary/aromatic N) is 3. The molecule has 3 aromatic rings. The van der Waals surface area contributed by atoms with Crippen LogP contribution in [-0.2, 0) is 4.74 Å². The Bertz CT molecular complexity index is 771. The first-order valence-electron chi connectivity index (χ1n) is 7.30. The summed E-state index contributed by atoms with van der Waals surface area (Å²) in [4.78, 5) is 11.9. The molecule has 0 saturated carbocycles. The van der Waals surface area contributed by atoms with Gasteiger partial charge in [0.1, 0.15) is 5.52 Å². The lowest BCUT2D eigenvalue weighted by molar-refractivity contribution is 0.0608. The summed E-state index contributed by atoms with van der Waals surface area (Å²) in [5, 5.41) is 0. The highest BCUT2D eigenvalue weighted by Crippen LogP contribution is 2.34. The molecule has 5 heteroatoms. The van der Waals surface area contributed by atoms with Crippen LogP contribution >= 0.6 is 11.3 Å². The van der Waals surface area contributed by atoms with Gasteiger partial charge >= 0.3 is 0 Å². The zero-order valence-electron chi connectivity index (χ0n) is 12.0. The first kappa shape index (κ1) is 13.0. The highest BCUT2D eigenvalue weighted by Gasteiger charge is 2.23. The molecule has 0 aliphatic carbocycles. The third-order valence-electron chi connectivity index (χ3n) is 3.91. The molecule has 4 nitrogen and oxygen atoms in total. The SMILES string of the molecule is Cc1ccc(-c2nc3cccnc3n2C2CCCOC2)s1. The zero-order chi connectivity index (χ0) is 14.2. The predicted molar refractivity (Wildman–Crippen MR) is 84.7 cm³/mol. The maximum atomic E-state index is 5.68. The second-order valence-corrected chi connectivity index (χ2v) is 6.72. The van der Waals surface area contributed by atoms with Crippen LogP contribution in [0.2, 0.25) is 0 Å². The van der Waals surface area contributed by atoms with Crippen molar-refractivity contribution in [1.29, 1.82) is 0 Å². The molecular formula is C16H17N3OS. The largest absolute Gasteiger partial charge is 0.379 e. The quantitative estimate of drug-likeness (QED) is 0.722. The van der Waals surface area contributed by atoms with Crippen LogP contribution in [0.1, 0.15) is 23.8 Å². The van der Waals surface area contributed by atoms with E-state index in [1.807, 2.05) is 18.3 Å². The number of aryl methyl sites for hydroxylation is 1. The summed E-state index contributed by atoms with van der Waals surface area (Å²) < 4.78 is 7.96. The molecule has 0 radical (unpaired) electrons. The van der Waals surface area contributed by atoms with Crippen LogP contribution in [0.25, 0.3) is 21.9 Å². The number of rotatable bonds is 2. The van der Waals surface area contributed by atoms with E-state index >= 15 is 0 Å². The normalized spacial score (nSPS) is 19.2. The van der Waals surface area contributed by atoms with Crippen LogP contribution in [0.5, 0.6) is 0 Å². The number of hydrogen-bond acceptors (Lipinski definition) is 4. The molecule has 0 N–H and O–H groups in total. The summed E-state index contributed by atoms with van der Waals surface area (Å²) in [6.07, 6.45) is 4.06. The molecule has 1 fully saturated rings. The third kappa shape index (κ3) is 2.26. The van der Waals surface area contributed by atoms with Gasteiger partial charge in [-0.3, -0.25) is 0 Å². The summed E-state index contributed by atoms with van der Waals surface area (Å²) in [6.45, 7) is 3.74. The third-order valence-corrected chi connectivity index (χ3v) is 4.91. The van der Waals surface area contributed by atoms with Crippen molar-refractivity contribution >= 4 is 22.5 Å². The monoisotopic (exact) mass is 299 g/mol. The summed E-state index contributed by atoms with van der Waals surface area (Å²) in [6, 6.07) is 8.61. The molecule has 108 valence electrons. The zero-order valence-corrected chi connectivity index (χ0v) is 12.8. The Labute approximate surface area is 127 Å². The summed E-state index contributed by atoms with van der Waals surface area (Å²) in [7, 11) is 0. The Kier molecular flexibility index (Phi) is 3.24. The van der Waals surface area contributed by atoms with Gasteiger partial charge in [0.25, 0.3) is 0 Å². The van der Waals surface area contributed by atoms with E-state index in [-0.39, 0.29) is 0 Å². The fourth-order valence-corrected chi connectivity index (χ4v) is 3.79. The van der Waals surface area contributed by atoms with Crippen molar-refractivity contribution < 1.29 is 4.74 Å². The smallest absolute Gasteiger partial charge is 0.160 e. The second kappa shape index (κ2) is 5.24.